The summed E-state index contributed by atoms with van der Waals surface area (Å²) < 4.78 is 1.64. The van der Waals surface area contributed by atoms with Crippen LogP contribution in [0.3, 0.4) is 0 Å². The molecular formula is C12H15N3O. The molecule has 4 nitrogen and oxygen atoms in total. The normalized spacial score (nSPS) is 16.9. The van der Waals surface area contributed by atoms with Crippen molar-refractivity contribution in [2.24, 2.45) is 5.92 Å². The van der Waals surface area contributed by atoms with Gasteiger partial charge in [0.15, 0.2) is 5.78 Å². The van der Waals surface area contributed by atoms with Crippen LogP contribution in [0, 0.1) is 17.2 Å². The Morgan fingerprint density at radius 2 is 2.25 bits per heavy atom. The van der Waals surface area contributed by atoms with Gasteiger partial charge < -0.3 is 4.57 Å². The number of hydrogen-bond donors (Lipinski definition) is 0. The van der Waals surface area contributed by atoms with E-state index in [0.717, 1.165) is 25.7 Å². The number of carbonyl (C=O) groups excluding carboxylic acids is 1. The van der Waals surface area contributed by atoms with E-state index in [2.05, 4.69) is 4.98 Å². The van der Waals surface area contributed by atoms with E-state index in [-0.39, 0.29) is 11.7 Å². The van der Waals surface area contributed by atoms with E-state index in [1.165, 1.54) is 6.42 Å². The van der Waals surface area contributed by atoms with Gasteiger partial charge in [-0.3, -0.25) is 4.79 Å². The van der Waals surface area contributed by atoms with Crippen molar-refractivity contribution < 1.29 is 4.79 Å². The molecule has 0 saturated heterocycles. The molecule has 1 heterocycles. The molecule has 0 unspecified atom stereocenters. The Balaban J connectivity index is 1.99. The van der Waals surface area contributed by atoms with Gasteiger partial charge in [0, 0.05) is 18.3 Å². The van der Waals surface area contributed by atoms with Gasteiger partial charge in [-0.05, 0) is 12.8 Å². The minimum atomic E-state index is 0.197. The number of carbonyl (C=O) groups is 1. The lowest BCUT2D eigenvalue weighted by atomic mass is 9.86. The number of Topliss-reactive ketones (excluding diaryl/α,β-unsaturated/α-hetero) is 1. The zero-order valence-corrected chi connectivity index (χ0v) is 9.22. The molecule has 1 saturated carbocycles. The van der Waals surface area contributed by atoms with E-state index in [1.807, 2.05) is 6.07 Å². The molecule has 0 aliphatic heterocycles. The van der Waals surface area contributed by atoms with Crippen LogP contribution in [-0.4, -0.2) is 15.3 Å². The lowest BCUT2D eigenvalue weighted by Crippen LogP contribution is -2.22. The number of ketones is 1. The minimum Gasteiger partial charge on any atom is -0.315 e. The first-order chi connectivity index (χ1) is 7.81. The Bertz CT molecular complexity index is 410. The first-order valence-corrected chi connectivity index (χ1v) is 5.75. The standard InChI is InChI=1S/C12H15N3O/c13-8-12-14-6-7-15(12)9-11(16)10-4-2-1-3-5-10/h6-7,10H,1-5,9H2. The molecule has 84 valence electrons. The number of imidazole rings is 1. The molecule has 1 fully saturated rings. The summed E-state index contributed by atoms with van der Waals surface area (Å²) in [5.74, 6) is 0.765. The Morgan fingerprint density at radius 1 is 1.50 bits per heavy atom. The molecule has 0 aromatic carbocycles. The van der Waals surface area contributed by atoms with Crippen LogP contribution in [0.2, 0.25) is 0 Å². The van der Waals surface area contributed by atoms with E-state index in [4.69, 9.17) is 5.26 Å². The zero-order chi connectivity index (χ0) is 11.4. The smallest absolute Gasteiger partial charge is 0.213 e. The third-order valence-electron chi connectivity index (χ3n) is 3.20. The van der Waals surface area contributed by atoms with Gasteiger partial charge in [0.25, 0.3) is 0 Å². The fourth-order valence-electron chi connectivity index (χ4n) is 2.27. The molecule has 4 heteroatoms. The second-order valence-electron chi connectivity index (χ2n) is 4.29. The van der Waals surface area contributed by atoms with Crippen LogP contribution in [0.25, 0.3) is 0 Å². The quantitative estimate of drug-likeness (QED) is 0.777. The molecule has 0 radical (unpaired) electrons. The Morgan fingerprint density at radius 3 is 2.94 bits per heavy atom. The predicted octanol–water partition coefficient (Wildman–Crippen LogP) is 1.90. The highest BCUT2D eigenvalue weighted by Gasteiger charge is 2.21. The summed E-state index contributed by atoms with van der Waals surface area (Å²) in [5, 5.41) is 8.79. The van der Waals surface area contributed by atoms with Crippen LogP contribution >= 0.6 is 0 Å². The fourth-order valence-corrected chi connectivity index (χ4v) is 2.27. The summed E-state index contributed by atoms with van der Waals surface area (Å²) >= 11 is 0. The number of nitrogens with zero attached hydrogens (tertiary/aromatic N) is 3. The van der Waals surface area contributed by atoms with E-state index >= 15 is 0 Å². The number of hydrogen-bond acceptors (Lipinski definition) is 3. The Kier molecular flexibility index (Phi) is 3.35. The molecule has 0 bridgehead atoms. The molecule has 1 aliphatic rings. The fraction of sp³-hybridized carbons (Fsp3) is 0.583. The van der Waals surface area contributed by atoms with Crippen molar-refractivity contribution in [1.29, 1.82) is 5.26 Å². The SMILES string of the molecule is N#Cc1nccn1CC(=O)C1CCCCC1. The molecule has 0 N–H and O–H groups in total. The van der Waals surface area contributed by atoms with Crippen molar-refractivity contribution in [3.63, 3.8) is 0 Å². The van der Waals surface area contributed by atoms with E-state index in [0.29, 0.717) is 12.4 Å². The van der Waals surface area contributed by atoms with E-state index in [1.54, 1.807) is 17.0 Å². The van der Waals surface area contributed by atoms with Gasteiger partial charge in [-0.1, -0.05) is 19.3 Å². The maximum atomic E-state index is 12.0. The maximum Gasteiger partial charge on any atom is 0.213 e. The van der Waals surface area contributed by atoms with Crippen LogP contribution in [0.1, 0.15) is 37.9 Å². The van der Waals surface area contributed by atoms with Crippen LogP contribution in [0.5, 0.6) is 0 Å². The Labute approximate surface area is 94.9 Å². The van der Waals surface area contributed by atoms with Crippen molar-refractivity contribution in [3.8, 4) is 6.07 Å². The summed E-state index contributed by atoms with van der Waals surface area (Å²) in [4.78, 5) is 15.9. The van der Waals surface area contributed by atoms with Gasteiger partial charge in [-0.2, -0.15) is 5.26 Å². The first-order valence-electron chi connectivity index (χ1n) is 5.75. The lowest BCUT2D eigenvalue weighted by molar-refractivity contribution is -0.124. The highest BCUT2D eigenvalue weighted by atomic mass is 16.1. The average Bonchev–Trinajstić information content (AvgIpc) is 2.77. The first kappa shape index (κ1) is 10.9. The third-order valence-corrected chi connectivity index (χ3v) is 3.20. The molecule has 2 rings (SSSR count). The zero-order valence-electron chi connectivity index (χ0n) is 9.22. The van der Waals surface area contributed by atoms with E-state index in [9.17, 15) is 4.79 Å². The van der Waals surface area contributed by atoms with Crippen molar-refractivity contribution >= 4 is 5.78 Å². The third kappa shape index (κ3) is 2.30. The molecule has 0 amide bonds. The monoisotopic (exact) mass is 217 g/mol. The molecule has 16 heavy (non-hydrogen) atoms. The van der Waals surface area contributed by atoms with Gasteiger partial charge >= 0.3 is 0 Å². The van der Waals surface area contributed by atoms with Gasteiger partial charge in [-0.25, -0.2) is 4.98 Å². The van der Waals surface area contributed by atoms with Crippen molar-refractivity contribution in [1.82, 2.24) is 9.55 Å². The number of aromatic nitrogens is 2. The van der Waals surface area contributed by atoms with Crippen LogP contribution in [-0.2, 0) is 11.3 Å². The van der Waals surface area contributed by atoms with Crippen molar-refractivity contribution in [3.05, 3.63) is 18.2 Å². The predicted molar refractivity (Wildman–Crippen MR) is 58.5 cm³/mol. The molecule has 1 aromatic heterocycles. The van der Waals surface area contributed by atoms with Crippen LogP contribution in [0.15, 0.2) is 12.4 Å². The second-order valence-corrected chi connectivity index (χ2v) is 4.29. The van der Waals surface area contributed by atoms with Crippen molar-refractivity contribution in [2.75, 3.05) is 0 Å². The summed E-state index contributed by atoms with van der Waals surface area (Å²) in [6.07, 6.45) is 8.84. The van der Waals surface area contributed by atoms with Gasteiger partial charge in [0.2, 0.25) is 5.82 Å². The molecule has 1 aliphatic carbocycles. The van der Waals surface area contributed by atoms with Gasteiger partial charge in [0.05, 0.1) is 6.54 Å². The van der Waals surface area contributed by atoms with E-state index < -0.39 is 0 Å². The summed E-state index contributed by atoms with van der Waals surface area (Å²) in [6, 6.07) is 1.98. The molecule has 1 aromatic rings. The van der Waals surface area contributed by atoms with Crippen LogP contribution in [0.4, 0.5) is 0 Å². The van der Waals surface area contributed by atoms with Crippen molar-refractivity contribution in [2.45, 2.75) is 38.6 Å². The largest absolute Gasteiger partial charge is 0.315 e. The molecule has 0 spiro atoms. The summed E-state index contributed by atoms with van der Waals surface area (Å²) in [5.41, 5.74) is 0. The minimum absolute atomic E-state index is 0.197. The molecule has 0 atom stereocenters. The number of rotatable bonds is 3. The van der Waals surface area contributed by atoms with Gasteiger partial charge in [0.1, 0.15) is 6.07 Å². The Hall–Kier alpha value is -1.63. The summed E-state index contributed by atoms with van der Waals surface area (Å²) in [6.45, 7) is 0.299. The average molecular weight is 217 g/mol. The van der Waals surface area contributed by atoms with Gasteiger partial charge in [-0.15, -0.1) is 0 Å². The summed E-state index contributed by atoms with van der Waals surface area (Å²) in [7, 11) is 0. The maximum absolute atomic E-state index is 12.0. The topological polar surface area (TPSA) is 58.7 Å². The number of nitriles is 1. The highest BCUT2D eigenvalue weighted by molar-refractivity contribution is 5.81. The molecular weight excluding hydrogens is 202 g/mol. The lowest BCUT2D eigenvalue weighted by Gasteiger charge is -2.20. The van der Waals surface area contributed by atoms with Crippen LogP contribution < -0.4 is 0 Å². The second kappa shape index (κ2) is 4.93. The highest BCUT2D eigenvalue weighted by Crippen LogP contribution is 2.24.